The summed E-state index contributed by atoms with van der Waals surface area (Å²) in [7, 11) is 0. The monoisotopic (exact) mass is 394 g/mol. The van der Waals surface area contributed by atoms with Crippen LogP contribution in [0.2, 0.25) is 0 Å². The molecule has 1 aliphatic rings. The molecular formula is C16H15IN2O2. The highest BCUT2D eigenvalue weighted by Crippen LogP contribution is 2.31. The maximum atomic E-state index is 12.1. The van der Waals surface area contributed by atoms with E-state index in [4.69, 9.17) is 0 Å². The van der Waals surface area contributed by atoms with E-state index in [2.05, 4.69) is 33.2 Å². The Morgan fingerprint density at radius 2 is 2.00 bits per heavy atom. The molecule has 2 aromatic carbocycles. The molecule has 2 amide bonds. The zero-order chi connectivity index (χ0) is 14.8. The Morgan fingerprint density at radius 3 is 2.81 bits per heavy atom. The molecule has 2 atom stereocenters. The summed E-state index contributed by atoms with van der Waals surface area (Å²) in [6.07, 6.45) is -0.00581. The Bertz CT molecular complexity index is 675. The predicted molar refractivity (Wildman–Crippen MR) is 90.2 cm³/mol. The summed E-state index contributed by atoms with van der Waals surface area (Å²) < 4.78 is 1.05. The van der Waals surface area contributed by atoms with Crippen molar-refractivity contribution in [2.24, 2.45) is 0 Å². The van der Waals surface area contributed by atoms with Crippen molar-refractivity contribution in [3.05, 3.63) is 63.2 Å². The molecule has 0 unspecified atom stereocenters. The van der Waals surface area contributed by atoms with Gasteiger partial charge in [0.15, 0.2) is 0 Å². The molecule has 0 radical (unpaired) electrons. The van der Waals surface area contributed by atoms with Crippen molar-refractivity contribution in [1.29, 1.82) is 0 Å². The number of hydrogen-bond acceptors (Lipinski definition) is 2. The minimum absolute atomic E-state index is 0.308. The summed E-state index contributed by atoms with van der Waals surface area (Å²) in [5.74, 6) is 0. The second-order valence-corrected chi connectivity index (χ2v) is 6.30. The molecule has 0 fully saturated rings. The number of urea groups is 1. The SMILES string of the molecule is O=C(Nc1cccc(I)c1)N[C@@H]1c2ccccc2C[C@@H]1O. The van der Waals surface area contributed by atoms with Gasteiger partial charge in [0.05, 0.1) is 12.1 Å². The third-order valence-electron chi connectivity index (χ3n) is 3.57. The predicted octanol–water partition coefficient (Wildman–Crippen LogP) is 3.07. The van der Waals surface area contributed by atoms with Gasteiger partial charge in [0.2, 0.25) is 0 Å². The number of hydrogen-bond donors (Lipinski definition) is 3. The molecule has 0 aliphatic heterocycles. The zero-order valence-electron chi connectivity index (χ0n) is 11.2. The fourth-order valence-corrected chi connectivity index (χ4v) is 3.17. The van der Waals surface area contributed by atoms with Crippen LogP contribution in [-0.4, -0.2) is 17.2 Å². The summed E-state index contributed by atoms with van der Waals surface area (Å²) in [5.41, 5.74) is 2.81. The molecule has 3 N–H and O–H groups in total. The van der Waals surface area contributed by atoms with Crippen molar-refractivity contribution < 1.29 is 9.90 Å². The third kappa shape index (κ3) is 3.19. The van der Waals surface area contributed by atoms with Gasteiger partial charge in [-0.1, -0.05) is 30.3 Å². The Labute approximate surface area is 136 Å². The van der Waals surface area contributed by atoms with E-state index in [0.717, 1.165) is 20.4 Å². The van der Waals surface area contributed by atoms with Gasteiger partial charge in [-0.2, -0.15) is 0 Å². The molecular weight excluding hydrogens is 379 g/mol. The number of anilines is 1. The molecule has 5 heteroatoms. The van der Waals surface area contributed by atoms with Crippen LogP contribution in [0.1, 0.15) is 17.2 Å². The molecule has 0 bridgehead atoms. The van der Waals surface area contributed by atoms with E-state index in [1.807, 2.05) is 48.5 Å². The van der Waals surface area contributed by atoms with Gasteiger partial charge >= 0.3 is 6.03 Å². The lowest BCUT2D eigenvalue weighted by molar-refractivity contribution is 0.144. The lowest BCUT2D eigenvalue weighted by Gasteiger charge is -2.18. The van der Waals surface area contributed by atoms with Crippen molar-refractivity contribution in [1.82, 2.24) is 5.32 Å². The molecule has 2 aromatic rings. The Kier molecular flexibility index (Phi) is 4.12. The van der Waals surface area contributed by atoms with Crippen LogP contribution >= 0.6 is 22.6 Å². The number of benzene rings is 2. The summed E-state index contributed by atoms with van der Waals surface area (Å²) in [6.45, 7) is 0. The molecule has 0 saturated heterocycles. The van der Waals surface area contributed by atoms with E-state index >= 15 is 0 Å². The van der Waals surface area contributed by atoms with E-state index in [0.29, 0.717) is 6.42 Å². The molecule has 0 saturated carbocycles. The fraction of sp³-hybridized carbons (Fsp3) is 0.188. The van der Waals surface area contributed by atoms with Crippen LogP contribution in [0.3, 0.4) is 0 Å². The molecule has 1 aliphatic carbocycles. The van der Waals surface area contributed by atoms with Gasteiger partial charge < -0.3 is 15.7 Å². The third-order valence-corrected chi connectivity index (χ3v) is 4.24. The van der Waals surface area contributed by atoms with E-state index in [1.165, 1.54) is 0 Å². The van der Waals surface area contributed by atoms with Crippen LogP contribution in [0.15, 0.2) is 48.5 Å². The lowest BCUT2D eigenvalue weighted by Crippen LogP contribution is -2.36. The van der Waals surface area contributed by atoms with Crippen LogP contribution in [-0.2, 0) is 6.42 Å². The zero-order valence-corrected chi connectivity index (χ0v) is 13.4. The van der Waals surface area contributed by atoms with Gasteiger partial charge in [0, 0.05) is 15.7 Å². The molecule has 0 aromatic heterocycles. The highest BCUT2D eigenvalue weighted by atomic mass is 127. The van der Waals surface area contributed by atoms with Gasteiger partial charge in [-0.15, -0.1) is 0 Å². The second kappa shape index (κ2) is 6.03. The van der Waals surface area contributed by atoms with Crippen LogP contribution in [0, 0.1) is 3.57 Å². The lowest BCUT2D eigenvalue weighted by atomic mass is 10.1. The number of nitrogens with one attached hydrogen (secondary N) is 2. The Morgan fingerprint density at radius 1 is 1.19 bits per heavy atom. The van der Waals surface area contributed by atoms with Crippen molar-refractivity contribution in [2.75, 3.05) is 5.32 Å². The quantitative estimate of drug-likeness (QED) is 0.686. The Balaban J connectivity index is 1.70. The number of fused-ring (bicyclic) bond motifs is 1. The van der Waals surface area contributed by atoms with E-state index in [9.17, 15) is 9.90 Å². The normalized spacial score (nSPS) is 19.9. The van der Waals surface area contributed by atoms with Gasteiger partial charge in [-0.25, -0.2) is 4.79 Å². The fourth-order valence-electron chi connectivity index (χ4n) is 2.62. The highest BCUT2D eigenvalue weighted by Gasteiger charge is 2.31. The molecule has 21 heavy (non-hydrogen) atoms. The van der Waals surface area contributed by atoms with Gasteiger partial charge in [-0.05, 0) is 51.9 Å². The van der Waals surface area contributed by atoms with E-state index < -0.39 is 6.10 Å². The average Bonchev–Trinajstić information content (AvgIpc) is 2.75. The largest absolute Gasteiger partial charge is 0.390 e. The van der Waals surface area contributed by atoms with Crippen LogP contribution in [0.5, 0.6) is 0 Å². The molecule has 3 rings (SSSR count). The summed E-state index contributed by atoms with van der Waals surface area (Å²) >= 11 is 2.19. The number of rotatable bonds is 2. The van der Waals surface area contributed by atoms with Crippen molar-refractivity contribution in [2.45, 2.75) is 18.6 Å². The topological polar surface area (TPSA) is 61.4 Å². The maximum Gasteiger partial charge on any atom is 0.319 e. The Hall–Kier alpha value is -1.60. The van der Waals surface area contributed by atoms with Gasteiger partial charge in [0.25, 0.3) is 0 Å². The average molecular weight is 394 g/mol. The molecule has 108 valence electrons. The second-order valence-electron chi connectivity index (χ2n) is 5.06. The van der Waals surface area contributed by atoms with Gasteiger partial charge in [-0.3, -0.25) is 0 Å². The van der Waals surface area contributed by atoms with Gasteiger partial charge in [0.1, 0.15) is 0 Å². The smallest absolute Gasteiger partial charge is 0.319 e. The minimum atomic E-state index is -0.580. The first-order valence-electron chi connectivity index (χ1n) is 6.72. The first-order valence-corrected chi connectivity index (χ1v) is 7.80. The number of amides is 2. The number of aliphatic hydroxyl groups excluding tert-OH is 1. The maximum absolute atomic E-state index is 12.1. The van der Waals surface area contributed by atoms with Crippen molar-refractivity contribution >= 4 is 34.3 Å². The van der Waals surface area contributed by atoms with E-state index in [1.54, 1.807) is 0 Å². The first kappa shape index (κ1) is 14.3. The van der Waals surface area contributed by atoms with Crippen molar-refractivity contribution in [3.63, 3.8) is 0 Å². The number of carbonyl (C=O) groups excluding carboxylic acids is 1. The summed E-state index contributed by atoms with van der Waals surface area (Å²) in [6, 6.07) is 14.7. The first-order chi connectivity index (χ1) is 10.1. The molecule has 4 nitrogen and oxygen atoms in total. The minimum Gasteiger partial charge on any atom is -0.390 e. The van der Waals surface area contributed by atoms with Crippen molar-refractivity contribution in [3.8, 4) is 0 Å². The molecule has 0 heterocycles. The summed E-state index contributed by atoms with van der Waals surface area (Å²) in [4.78, 5) is 12.1. The number of carbonyl (C=O) groups is 1. The number of aliphatic hydroxyl groups is 1. The molecule has 0 spiro atoms. The highest BCUT2D eigenvalue weighted by molar-refractivity contribution is 14.1. The summed E-state index contributed by atoms with van der Waals surface area (Å²) in [5, 5.41) is 15.8. The van der Waals surface area contributed by atoms with Crippen LogP contribution in [0.4, 0.5) is 10.5 Å². The number of halogens is 1. The van der Waals surface area contributed by atoms with Crippen LogP contribution < -0.4 is 10.6 Å². The van der Waals surface area contributed by atoms with E-state index in [-0.39, 0.29) is 12.1 Å². The van der Waals surface area contributed by atoms with Crippen LogP contribution in [0.25, 0.3) is 0 Å². The standard InChI is InChI=1S/C16H15IN2O2/c17-11-5-3-6-12(9-11)18-16(21)19-15-13-7-2-1-4-10(13)8-14(15)20/h1-7,9,14-15,20H,8H2,(H2,18,19,21)/t14-,15+/m0/s1.